The van der Waals surface area contributed by atoms with E-state index in [1.54, 1.807) is 6.33 Å². The van der Waals surface area contributed by atoms with Crippen molar-refractivity contribution in [1.82, 2.24) is 19.5 Å². The molecule has 2 heterocycles. The SMILES string of the molecule is Cc1cc(Nc2ncc(C(=O)O)cn2)ccc1Oc1ccc2c(c1)ncn2C. The molecule has 8 heteroatoms. The molecule has 0 radical (unpaired) electrons. The van der Waals surface area contributed by atoms with Crippen LogP contribution in [0.15, 0.2) is 55.1 Å². The summed E-state index contributed by atoms with van der Waals surface area (Å²) < 4.78 is 7.95. The molecular weight excluding hydrogens is 358 g/mol. The van der Waals surface area contributed by atoms with Crippen LogP contribution in [0.5, 0.6) is 11.5 Å². The smallest absolute Gasteiger partial charge is 0.338 e. The van der Waals surface area contributed by atoms with Crippen molar-refractivity contribution < 1.29 is 14.6 Å². The molecule has 0 fully saturated rings. The number of hydrogen-bond acceptors (Lipinski definition) is 6. The zero-order chi connectivity index (χ0) is 19.7. The van der Waals surface area contributed by atoms with Crippen LogP contribution in [0.4, 0.5) is 11.6 Å². The quantitative estimate of drug-likeness (QED) is 0.545. The highest BCUT2D eigenvalue weighted by Gasteiger charge is 2.08. The average molecular weight is 375 g/mol. The Morgan fingerprint density at radius 2 is 1.89 bits per heavy atom. The largest absolute Gasteiger partial charge is 0.478 e. The fourth-order valence-corrected chi connectivity index (χ4v) is 2.78. The van der Waals surface area contributed by atoms with E-state index in [1.165, 1.54) is 12.4 Å². The van der Waals surface area contributed by atoms with Crippen LogP contribution < -0.4 is 10.1 Å². The van der Waals surface area contributed by atoms with Gasteiger partial charge in [-0.3, -0.25) is 0 Å². The maximum absolute atomic E-state index is 10.9. The van der Waals surface area contributed by atoms with E-state index in [0.717, 1.165) is 28.0 Å². The summed E-state index contributed by atoms with van der Waals surface area (Å²) in [5.74, 6) is 0.692. The second-order valence-electron chi connectivity index (χ2n) is 6.31. The van der Waals surface area contributed by atoms with Gasteiger partial charge in [0.05, 0.1) is 22.9 Å². The number of anilines is 2. The van der Waals surface area contributed by atoms with Crippen LogP contribution in [0.25, 0.3) is 11.0 Å². The number of carboxylic acid groups (broad SMARTS) is 1. The first-order chi connectivity index (χ1) is 13.5. The highest BCUT2D eigenvalue weighted by molar-refractivity contribution is 5.86. The third kappa shape index (κ3) is 3.48. The Morgan fingerprint density at radius 1 is 1.11 bits per heavy atom. The van der Waals surface area contributed by atoms with Crippen LogP contribution in [0, 0.1) is 6.92 Å². The topological polar surface area (TPSA) is 102 Å². The third-order valence-corrected chi connectivity index (χ3v) is 4.25. The number of benzene rings is 2. The van der Waals surface area contributed by atoms with Gasteiger partial charge < -0.3 is 19.7 Å². The predicted molar refractivity (Wildman–Crippen MR) is 104 cm³/mol. The molecule has 4 rings (SSSR count). The normalized spacial score (nSPS) is 10.8. The Kier molecular flexibility index (Phi) is 4.36. The van der Waals surface area contributed by atoms with Crippen molar-refractivity contribution in [2.45, 2.75) is 6.92 Å². The number of fused-ring (bicyclic) bond motifs is 1. The minimum atomic E-state index is -1.06. The Bertz CT molecular complexity index is 1170. The summed E-state index contributed by atoms with van der Waals surface area (Å²) in [6, 6.07) is 11.4. The summed E-state index contributed by atoms with van der Waals surface area (Å²) in [6.07, 6.45) is 4.29. The van der Waals surface area contributed by atoms with Crippen LogP contribution in [-0.4, -0.2) is 30.6 Å². The van der Waals surface area contributed by atoms with Gasteiger partial charge in [-0.05, 0) is 42.8 Å². The monoisotopic (exact) mass is 375 g/mol. The van der Waals surface area contributed by atoms with Crippen LogP contribution in [-0.2, 0) is 7.05 Å². The van der Waals surface area contributed by atoms with Crippen LogP contribution in [0.3, 0.4) is 0 Å². The lowest BCUT2D eigenvalue weighted by Crippen LogP contribution is -2.02. The first-order valence-electron chi connectivity index (χ1n) is 8.51. The molecule has 0 bridgehead atoms. The number of ether oxygens (including phenoxy) is 1. The molecule has 2 N–H and O–H groups in total. The van der Waals surface area contributed by atoms with E-state index in [2.05, 4.69) is 20.3 Å². The van der Waals surface area contributed by atoms with Crippen molar-refractivity contribution in [3.8, 4) is 11.5 Å². The lowest BCUT2D eigenvalue weighted by molar-refractivity contribution is 0.0696. The van der Waals surface area contributed by atoms with Crippen molar-refractivity contribution in [2.75, 3.05) is 5.32 Å². The molecule has 0 aliphatic carbocycles. The number of imidazole rings is 1. The molecule has 0 saturated carbocycles. The Balaban J connectivity index is 1.51. The van der Waals surface area contributed by atoms with Crippen LogP contribution in [0.1, 0.15) is 15.9 Å². The van der Waals surface area contributed by atoms with E-state index in [0.29, 0.717) is 11.7 Å². The van der Waals surface area contributed by atoms with Crippen molar-refractivity contribution in [3.05, 3.63) is 66.2 Å². The lowest BCUT2D eigenvalue weighted by atomic mass is 10.2. The molecular formula is C20H17N5O3. The van der Waals surface area contributed by atoms with Gasteiger partial charge in [0.2, 0.25) is 5.95 Å². The minimum Gasteiger partial charge on any atom is -0.478 e. The van der Waals surface area contributed by atoms with Crippen molar-refractivity contribution >= 4 is 28.6 Å². The first-order valence-corrected chi connectivity index (χ1v) is 8.51. The second-order valence-corrected chi connectivity index (χ2v) is 6.31. The van der Waals surface area contributed by atoms with Gasteiger partial charge in [-0.1, -0.05) is 0 Å². The number of aryl methyl sites for hydroxylation is 2. The fourth-order valence-electron chi connectivity index (χ4n) is 2.78. The molecule has 140 valence electrons. The minimum absolute atomic E-state index is 0.0374. The van der Waals surface area contributed by atoms with Crippen molar-refractivity contribution in [1.29, 1.82) is 0 Å². The molecule has 28 heavy (non-hydrogen) atoms. The lowest BCUT2D eigenvalue weighted by Gasteiger charge is -2.11. The molecule has 8 nitrogen and oxygen atoms in total. The summed E-state index contributed by atoms with van der Waals surface area (Å²) in [5.41, 5.74) is 3.65. The summed E-state index contributed by atoms with van der Waals surface area (Å²) in [6.45, 7) is 1.94. The summed E-state index contributed by atoms with van der Waals surface area (Å²) in [7, 11) is 1.95. The van der Waals surface area contributed by atoms with Crippen molar-refractivity contribution in [3.63, 3.8) is 0 Å². The molecule has 0 aliphatic heterocycles. The van der Waals surface area contributed by atoms with Gasteiger partial charge in [0.1, 0.15) is 11.5 Å². The first kappa shape index (κ1) is 17.5. The number of hydrogen-bond donors (Lipinski definition) is 2. The molecule has 0 atom stereocenters. The number of aromatic nitrogens is 4. The molecule has 0 saturated heterocycles. The molecule has 2 aromatic carbocycles. The maximum Gasteiger partial charge on any atom is 0.338 e. The maximum atomic E-state index is 10.9. The Morgan fingerprint density at radius 3 is 2.61 bits per heavy atom. The molecule has 0 aliphatic rings. The average Bonchev–Trinajstić information content (AvgIpc) is 3.05. The zero-order valence-electron chi connectivity index (χ0n) is 15.2. The fraction of sp³-hybridized carbons (Fsp3) is 0.100. The molecule has 0 spiro atoms. The molecule has 4 aromatic rings. The van der Waals surface area contributed by atoms with Gasteiger partial charge in [-0.25, -0.2) is 19.7 Å². The van der Waals surface area contributed by atoms with E-state index in [4.69, 9.17) is 9.84 Å². The number of aromatic carboxylic acids is 1. The van der Waals surface area contributed by atoms with Gasteiger partial charge in [-0.2, -0.15) is 0 Å². The van der Waals surface area contributed by atoms with Gasteiger partial charge in [-0.15, -0.1) is 0 Å². The van der Waals surface area contributed by atoms with Crippen LogP contribution >= 0.6 is 0 Å². The van der Waals surface area contributed by atoms with Gasteiger partial charge in [0, 0.05) is 31.2 Å². The summed E-state index contributed by atoms with van der Waals surface area (Å²) >= 11 is 0. The second kappa shape index (κ2) is 6.99. The van der Waals surface area contributed by atoms with Gasteiger partial charge in [0.25, 0.3) is 0 Å². The summed E-state index contributed by atoms with van der Waals surface area (Å²) in [5, 5.41) is 11.9. The summed E-state index contributed by atoms with van der Waals surface area (Å²) in [4.78, 5) is 23.2. The highest BCUT2D eigenvalue weighted by Crippen LogP contribution is 2.29. The molecule has 0 amide bonds. The number of nitrogens with one attached hydrogen (secondary N) is 1. The Hall–Kier alpha value is -3.94. The zero-order valence-corrected chi connectivity index (χ0v) is 15.2. The van der Waals surface area contributed by atoms with Crippen molar-refractivity contribution in [2.24, 2.45) is 7.05 Å². The standard InChI is InChI=1S/C20H17N5O3/c1-12-7-14(24-20-21-9-13(10-22-20)19(26)27)3-6-18(12)28-15-4-5-17-16(8-15)23-11-25(17)2/h3-11H,1-2H3,(H,26,27)(H,21,22,24). The van der Waals surface area contributed by atoms with E-state index in [1.807, 2.05) is 54.9 Å². The third-order valence-electron chi connectivity index (χ3n) is 4.25. The van der Waals surface area contributed by atoms with Gasteiger partial charge in [0.15, 0.2) is 0 Å². The van der Waals surface area contributed by atoms with E-state index < -0.39 is 5.97 Å². The van der Waals surface area contributed by atoms with Crippen LogP contribution in [0.2, 0.25) is 0 Å². The number of carboxylic acids is 1. The van der Waals surface area contributed by atoms with E-state index in [-0.39, 0.29) is 5.56 Å². The molecule has 2 aromatic heterocycles. The van der Waals surface area contributed by atoms with E-state index >= 15 is 0 Å². The van der Waals surface area contributed by atoms with Gasteiger partial charge >= 0.3 is 5.97 Å². The predicted octanol–water partition coefficient (Wildman–Crippen LogP) is 3.91. The Labute approximate surface area is 160 Å². The number of rotatable bonds is 5. The number of carbonyl (C=O) groups is 1. The van der Waals surface area contributed by atoms with E-state index in [9.17, 15) is 4.79 Å². The highest BCUT2D eigenvalue weighted by atomic mass is 16.5. The molecule has 0 unspecified atom stereocenters. The number of nitrogens with zero attached hydrogens (tertiary/aromatic N) is 4.